The van der Waals surface area contributed by atoms with Crippen LogP contribution in [-0.4, -0.2) is 48.3 Å². The van der Waals surface area contributed by atoms with Gasteiger partial charge < -0.3 is 15.0 Å². The normalized spacial score (nSPS) is 19.9. The summed E-state index contributed by atoms with van der Waals surface area (Å²) in [5, 5.41) is 2.97. The fourth-order valence-electron chi connectivity index (χ4n) is 3.54. The van der Waals surface area contributed by atoms with Crippen LogP contribution >= 0.6 is 11.6 Å². The van der Waals surface area contributed by atoms with E-state index in [4.69, 9.17) is 16.3 Å². The number of hydrogen-bond acceptors (Lipinski definition) is 3. The van der Waals surface area contributed by atoms with Crippen LogP contribution in [0.4, 0.5) is 0 Å². The van der Waals surface area contributed by atoms with Crippen LogP contribution in [0.15, 0.2) is 18.2 Å². The van der Waals surface area contributed by atoms with E-state index in [0.29, 0.717) is 26.1 Å². The molecule has 2 atom stereocenters. The van der Waals surface area contributed by atoms with E-state index in [0.717, 1.165) is 29.7 Å². The lowest BCUT2D eigenvalue weighted by Gasteiger charge is -2.38. The van der Waals surface area contributed by atoms with Crippen molar-refractivity contribution in [3.63, 3.8) is 0 Å². The van der Waals surface area contributed by atoms with Gasteiger partial charge >= 0.3 is 0 Å². The lowest BCUT2D eigenvalue weighted by atomic mass is 9.89. The molecule has 0 spiro atoms. The molecule has 2 rings (SSSR count). The Morgan fingerprint density at radius 2 is 1.96 bits per heavy atom. The first-order chi connectivity index (χ1) is 12.4. The topological polar surface area (TPSA) is 58.6 Å². The second-order valence-electron chi connectivity index (χ2n) is 7.03. The third kappa shape index (κ3) is 5.90. The molecular formula is C20H29ClN2O3. The standard InChI is InChI=1S/C20H29ClN2O3/c1-4-16-13-23(7-5-18(16)22-19(24)12-21)20(25)6-8-26-17-10-14(2)9-15(3)11-17/h9-11,16,18H,4-8,12-13H2,1-3H3,(H,22,24). The molecule has 0 radical (unpaired) electrons. The van der Waals surface area contributed by atoms with Gasteiger partial charge in [-0.1, -0.05) is 13.0 Å². The van der Waals surface area contributed by atoms with Gasteiger partial charge in [-0.2, -0.15) is 0 Å². The SMILES string of the molecule is CCC1CN(C(=O)CCOc2cc(C)cc(C)c2)CCC1NC(=O)CCl. The predicted molar refractivity (Wildman–Crippen MR) is 104 cm³/mol. The summed E-state index contributed by atoms with van der Waals surface area (Å²) in [5.74, 6) is 1.02. The molecule has 0 aliphatic carbocycles. The number of alkyl halides is 1. The first-order valence-electron chi connectivity index (χ1n) is 9.27. The number of nitrogens with one attached hydrogen (secondary N) is 1. The van der Waals surface area contributed by atoms with Crippen LogP contribution in [0.2, 0.25) is 0 Å². The third-order valence-electron chi connectivity index (χ3n) is 4.86. The highest BCUT2D eigenvalue weighted by atomic mass is 35.5. The quantitative estimate of drug-likeness (QED) is 0.739. The average Bonchev–Trinajstić information content (AvgIpc) is 2.60. The molecule has 2 unspecified atom stereocenters. The van der Waals surface area contributed by atoms with Gasteiger partial charge in [0.05, 0.1) is 13.0 Å². The summed E-state index contributed by atoms with van der Waals surface area (Å²) in [6, 6.07) is 6.16. The molecule has 26 heavy (non-hydrogen) atoms. The van der Waals surface area contributed by atoms with Gasteiger partial charge in [-0.15, -0.1) is 11.6 Å². The van der Waals surface area contributed by atoms with Crippen molar-refractivity contribution < 1.29 is 14.3 Å². The lowest BCUT2D eigenvalue weighted by molar-refractivity contribution is -0.134. The Bertz CT molecular complexity index is 615. The van der Waals surface area contributed by atoms with Gasteiger partial charge in [0.15, 0.2) is 0 Å². The number of rotatable bonds is 7. The van der Waals surface area contributed by atoms with Crippen molar-refractivity contribution in [1.82, 2.24) is 10.2 Å². The maximum absolute atomic E-state index is 12.5. The van der Waals surface area contributed by atoms with Gasteiger partial charge in [0.2, 0.25) is 11.8 Å². The maximum Gasteiger partial charge on any atom is 0.235 e. The zero-order valence-corrected chi connectivity index (χ0v) is 16.6. The zero-order valence-electron chi connectivity index (χ0n) is 15.9. The number of halogens is 1. The Labute approximate surface area is 161 Å². The Balaban J connectivity index is 1.81. The molecule has 1 fully saturated rings. The number of amides is 2. The van der Waals surface area contributed by atoms with Gasteiger partial charge in [0.1, 0.15) is 11.6 Å². The average molecular weight is 381 g/mol. The number of likely N-dealkylation sites (tertiary alicyclic amines) is 1. The fourth-order valence-corrected chi connectivity index (χ4v) is 3.62. The highest BCUT2D eigenvalue weighted by Gasteiger charge is 2.31. The molecule has 144 valence electrons. The summed E-state index contributed by atoms with van der Waals surface area (Å²) in [7, 11) is 0. The number of hydrogen-bond donors (Lipinski definition) is 1. The van der Waals surface area contributed by atoms with Crippen LogP contribution in [0.3, 0.4) is 0 Å². The molecule has 6 heteroatoms. The first-order valence-corrected chi connectivity index (χ1v) is 9.80. The molecule has 0 bridgehead atoms. The van der Waals surface area contributed by atoms with Gasteiger partial charge in [-0.25, -0.2) is 0 Å². The van der Waals surface area contributed by atoms with Crippen molar-refractivity contribution in [3.8, 4) is 5.75 Å². The van der Waals surface area contributed by atoms with E-state index >= 15 is 0 Å². The van der Waals surface area contributed by atoms with E-state index in [1.165, 1.54) is 0 Å². The third-order valence-corrected chi connectivity index (χ3v) is 5.10. The number of aryl methyl sites for hydroxylation is 2. The van der Waals surface area contributed by atoms with Gasteiger partial charge in [-0.3, -0.25) is 9.59 Å². The highest BCUT2D eigenvalue weighted by molar-refractivity contribution is 6.27. The molecule has 1 N–H and O–H groups in total. The van der Waals surface area contributed by atoms with Crippen LogP contribution in [0, 0.1) is 19.8 Å². The fraction of sp³-hybridized carbons (Fsp3) is 0.600. The summed E-state index contributed by atoms with van der Waals surface area (Å²) in [6.07, 6.45) is 2.04. The minimum Gasteiger partial charge on any atom is -0.493 e. The van der Waals surface area contributed by atoms with Crippen LogP contribution in [0.5, 0.6) is 5.75 Å². The molecule has 1 aromatic rings. The van der Waals surface area contributed by atoms with Crippen molar-refractivity contribution in [2.75, 3.05) is 25.6 Å². The molecule has 2 amide bonds. The van der Waals surface area contributed by atoms with Crippen molar-refractivity contribution >= 4 is 23.4 Å². The van der Waals surface area contributed by atoms with Crippen molar-refractivity contribution in [3.05, 3.63) is 29.3 Å². The van der Waals surface area contributed by atoms with E-state index in [9.17, 15) is 9.59 Å². The molecule has 1 aromatic carbocycles. The van der Waals surface area contributed by atoms with Crippen LogP contribution in [-0.2, 0) is 9.59 Å². The molecule has 1 heterocycles. The molecular weight excluding hydrogens is 352 g/mol. The van der Waals surface area contributed by atoms with Gasteiger partial charge in [0, 0.05) is 19.1 Å². The number of benzene rings is 1. The summed E-state index contributed by atoms with van der Waals surface area (Å²) in [5.41, 5.74) is 2.30. The molecule has 0 saturated carbocycles. The van der Waals surface area contributed by atoms with Crippen LogP contribution in [0.1, 0.15) is 37.3 Å². The van der Waals surface area contributed by atoms with Gasteiger partial charge in [0.25, 0.3) is 0 Å². The van der Waals surface area contributed by atoms with Crippen molar-refractivity contribution in [1.29, 1.82) is 0 Å². The van der Waals surface area contributed by atoms with Gasteiger partial charge in [-0.05, 0) is 55.9 Å². The monoisotopic (exact) mass is 380 g/mol. The van der Waals surface area contributed by atoms with E-state index in [2.05, 4.69) is 18.3 Å². The van der Waals surface area contributed by atoms with E-state index in [1.54, 1.807) is 0 Å². The summed E-state index contributed by atoms with van der Waals surface area (Å²) in [6.45, 7) is 7.85. The van der Waals surface area contributed by atoms with E-state index in [1.807, 2.05) is 30.9 Å². The number of carbonyl (C=O) groups excluding carboxylic acids is 2. The second kappa shape index (κ2) is 9.81. The highest BCUT2D eigenvalue weighted by Crippen LogP contribution is 2.21. The molecule has 1 aliphatic heterocycles. The van der Waals surface area contributed by atoms with Crippen LogP contribution in [0.25, 0.3) is 0 Å². The maximum atomic E-state index is 12.5. The molecule has 0 aromatic heterocycles. The largest absolute Gasteiger partial charge is 0.493 e. The van der Waals surface area contributed by atoms with Crippen molar-refractivity contribution in [2.45, 2.75) is 46.1 Å². The Morgan fingerprint density at radius 3 is 2.58 bits per heavy atom. The number of ether oxygens (including phenoxy) is 1. The first kappa shape index (κ1) is 20.6. The van der Waals surface area contributed by atoms with Crippen LogP contribution < -0.4 is 10.1 Å². The number of piperidine rings is 1. The van der Waals surface area contributed by atoms with E-state index in [-0.39, 0.29) is 29.7 Å². The predicted octanol–water partition coefficient (Wildman–Crippen LogP) is 3.05. The summed E-state index contributed by atoms with van der Waals surface area (Å²) < 4.78 is 5.75. The number of carbonyl (C=O) groups is 2. The lowest BCUT2D eigenvalue weighted by Crippen LogP contribution is -2.52. The Kier molecular flexibility index (Phi) is 7.76. The smallest absolute Gasteiger partial charge is 0.235 e. The zero-order chi connectivity index (χ0) is 19.1. The second-order valence-corrected chi connectivity index (χ2v) is 7.29. The molecule has 1 saturated heterocycles. The van der Waals surface area contributed by atoms with Crippen molar-refractivity contribution in [2.24, 2.45) is 5.92 Å². The number of nitrogens with zero attached hydrogens (tertiary/aromatic N) is 1. The van der Waals surface area contributed by atoms with E-state index < -0.39 is 0 Å². The summed E-state index contributed by atoms with van der Waals surface area (Å²) >= 11 is 5.58. The Morgan fingerprint density at radius 1 is 1.27 bits per heavy atom. The summed E-state index contributed by atoms with van der Waals surface area (Å²) in [4.78, 5) is 25.9. The molecule has 5 nitrogen and oxygen atoms in total. The minimum absolute atomic E-state index is 0.0225. The Hall–Kier alpha value is -1.75. The minimum atomic E-state index is -0.142. The molecule has 1 aliphatic rings.